The minimum Gasteiger partial charge on any atom is -0.352 e. The largest absolute Gasteiger partial charge is 0.352 e. The van der Waals surface area contributed by atoms with E-state index in [0.717, 1.165) is 58.7 Å². The number of pyridine rings is 2. The van der Waals surface area contributed by atoms with E-state index in [2.05, 4.69) is 39.1 Å². The monoisotopic (exact) mass is 524 g/mol. The molecule has 3 aliphatic heterocycles. The van der Waals surface area contributed by atoms with Gasteiger partial charge in [0, 0.05) is 72.5 Å². The number of nitrogens with zero attached hydrogens (tertiary/aromatic N) is 8. The van der Waals surface area contributed by atoms with Crippen LogP contribution < -0.4 is 4.90 Å². The summed E-state index contributed by atoms with van der Waals surface area (Å²) >= 11 is 0. The lowest BCUT2D eigenvalue weighted by molar-refractivity contribution is -0.139. The fourth-order valence-electron chi connectivity index (χ4n) is 5.72. The summed E-state index contributed by atoms with van der Waals surface area (Å²) in [5.41, 5.74) is 5.78. The van der Waals surface area contributed by atoms with Crippen molar-refractivity contribution < 1.29 is 4.79 Å². The predicted octanol–water partition coefficient (Wildman–Crippen LogP) is 3.51. The van der Waals surface area contributed by atoms with Crippen molar-refractivity contribution in [1.82, 2.24) is 29.3 Å². The second kappa shape index (κ2) is 9.40. The zero-order chi connectivity index (χ0) is 27.2. The standard InChI is InChI=1S/C31H24N8O/c1-36-17-25(16-34-36)23-11-28(31-24(13-32)15-35-38(31)18-23)22-8-9-29(33-14-22)37-19-26-12-27(20-37)39(26)30(40)10-7-21-5-3-2-4-6-21/h2-6,8-9,11,14-18,26-27H,12,19-20H2,1H3. The number of fused-ring (bicyclic) bond motifs is 3. The Morgan fingerprint density at radius 3 is 2.48 bits per heavy atom. The fraction of sp³-hybridized carbons (Fsp3) is 0.194. The first-order valence-corrected chi connectivity index (χ1v) is 13.1. The summed E-state index contributed by atoms with van der Waals surface area (Å²) in [5, 5.41) is 18.4. The van der Waals surface area contributed by atoms with Gasteiger partial charge in [-0.1, -0.05) is 24.1 Å². The molecule has 3 saturated heterocycles. The van der Waals surface area contributed by atoms with Crippen molar-refractivity contribution in [2.45, 2.75) is 18.5 Å². The molecule has 0 saturated carbocycles. The summed E-state index contributed by atoms with van der Waals surface area (Å²) in [6.07, 6.45) is 10.1. The van der Waals surface area contributed by atoms with E-state index >= 15 is 0 Å². The molecule has 5 aromatic rings. The molecule has 2 bridgehead atoms. The summed E-state index contributed by atoms with van der Waals surface area (Å²) in [7, 11) is 1.88. The molecule has 1 amide bonds. The molecular formula is C31H24N8O. The smallest absolute Gasteiger partial charge is 0.299 e. The van der Waals surface area contributed by atoms with Crippen LogP contribution >= 0.6 is 0 Å². The average Bonchev–Trinajstić information content (AvgIpc) is 3.62. The maximum absolute atomic E-state index is 12.8. The van der Waals surface area contributed by atoms with Gasteiger partial charge in [0.15, 0.2) is 0 Å². The number of hydrogen-bond acceptors (Lipinski definition) is 6. The number of amides is 1. The van der Waals surface area contributed by atoms with Crippen LogP contribution in [0, 0.1) is 23.2 Å². The van der Waals surface area contributed by atoms with Crippen molar-refractivity contribution >= 4 is 17.2 Å². The molecule has 0 aliphatic carbocycles. The number of carbonyl (C=O) groups excluding carboxylic acids is 1. The van der Waals surface area contributed by atoms with Gasteiger partial charge in [0.2, 0.25) is 0 Å². The van der Waals surface area contributed by atoms with Crippen LogP contribution in [0.5, 0.6) is 0 Å². The van der Waals surface area contributed by atoms with E-state index in [1.165, 1.54) is 0 Å². The van der Waals surface area contributed by atoms with E-state index in [1.54, 1.807) is 15.4 Å². The van der Waals surface area contributed by atoms with Gasteiger partial charge in [-0.25, -0.2) is 9.50 Å². The number of piperazine rings is 1. The van der Waals surface area contributed by atoms with Crippen LogP contribution in [0.25, 0.3) is 27.8 Å². The third kappa shape index (κ3) is 4.05. The van der Waals surface area contributed by atoms with E-state index in [0.29, 0.717) is 5.56 Å². The summed E-state index contributed by atoms with van der Waals surface area (Å²) in [6.45, 7) is 1.45. The van der Waals surface area contributed by atoms with Crippen LogP contribution in [0.3, 0.4) is 0 Å². The van der Waals surface area contributed by atoms with Gasteiger partial charge >= 0.3 is 0 Å². The molecule has 0 spiro atoms. The van der Waals surface area contributed by atoms with Gasteiger partial charge in [0.25, 0.3) is 5.91 Å². The highest BCUT2D eigenvalue weighted by Gasteiger charge is 2.47. The lowest BCUT2D eigenvalue weighted by atomic mass is 9.87. The number of benzene rings is 1. The third-order valence-electron chi connectivity index (χ3n) is 7.67. The Labute approximate surface area is 230 Å². The zero-order valence-corrected chi connectivity index (χ0v) is 21.8. The molecule has 194 valence electrons. The van der Waals surface area contributed by atoms with E-state index in [-0.39, 0.29) is 18.0 Å². The summed E-state index contributed by atoms with van der Waals surface area (Å²) in [6, 6.07) is 18.2. The number of hydrogen-bond donors (Lipinski definition) is 0. The Morgan fingerprint density at radius 1 is 0.950 bits per heavy atom. The van der Waals surface area contributed by atoms with Crippen molar-refractivity contribution in [3.63, 3.8) is 0 Å². The van der Waals surface area contributed by atoms with Crippen LogP contribution in [0.2, 0.25) is 0 Å². The first kappa shape index (κ1) is 23.7. The highest BCUT2D eigenvalue weighted by molar-refractivity contribution is 5.95. The maximum Gasteiger partial charge on any atom is 0.299 e. The lowest BCUT2D eigenvalue weighted by Crippen LogP contribution is -2.70. The van der Waals surface area contributed by atoms with Crippen molar-refractivity contribution in [3.8, 4) is 40.2 Å². The van der Waals surface area contributed by atoms with Crippen molar-refractivity contribution in [1.29, 1.82) is 5.26 Å². The van der Waals surface area contributed by atoms with Gasteiger partial charge in [-0.2, -0.15) is 15.5 Å². The van der Waals surface area contributed by atoms with Crippen LogP contribution in [0.1, 0.15) is 17.5 Å². The molecule has 9 heteroatoms. The minimum absolute atomic E-state index is 0.111. The Hall–Kier alpha value is -5.41. The molecule has 40 heavy (non-hydrogen) atoms. The molecule has 3 fully saturated rings. The molecular weight excluding hydrogens is 500 g/mol. The maximum atomic E-state index is 12.8. The van der Waals surface area contributed by atoms with Crippen molar-refractivity contribution in [2.75, 3.05) is 18.0 Å². The van der Waals surface area contributed by atoms with E-state index in [4.69, 9.17) is 4.98 Å². The molecule has 0 radical (unpaired) electrons. The second-order valence-corrected chi connectivity index (χ2v) is 10.2. The quantitative estimate of drug-likeness (QED) is 0.335. The fourth-order valence-corrected chi connectivity index (χ4v) is 5.72. The van der Waals surface area contributed by atoms with E-state index < -0.39 is 0 Å². The Bertz CT molecular complexity index is 1840. The molecule has 0 N–H and O–H groups in total. The summed E-state index contributed by atoms with van der Waals surface area (Å²) < 4.78 is 3.50. The number of piperidine rings is 1. The van der Waals surface area contributed by atoms with Gasteiger partial charge in [0.1, 0.15) is 11.9 Å². The van der Waals surface area contributed by atoms with Crippen molar-refractivity contribution in [2.24, 2.45) is 7.05 Å². The van der Waals surface area contributed by atoms with Crippen LogP contribution in [-0.2, 0) is 11.8 Å². The predicted molar refractivity (Wildman–Crippen MR) is 150 cm³/mol. The zero-order valence-electron chi connectivity index (χ0n) is 21.8. The van der Waals surface area contributed by atoms with Gasteiger partial charge in [-0.3, -0.25) is 9.48 Å². The van der Waals surface area contributed by atoms with Crippen molar-refractivity contribution in [3.05, 3.63) is 90.6 Å². The average molecular weight is 525 g/mol. The van der Waals surface area contributed by atoms with Gasteiger partial charge in [-0.05, 0) is 36.8 Å². The summed E-state index contributed by atoms with van der Waals surface area (Å²) in [5.74, 6) is 6.56. The Balaban J connectivity index is 1.13. The first-order chi connectivity index (χ1) is 19.6. The molecule has 4 aromatic heterocycles. The minimum atomic E-state index is -0.111. The van der Waals surface area contributed by atoms with E-state index in [9.17, 15) is 10.1 Å². The Morgan fingerprint density at radius 2 is 1.77 bits per heavy atom. The number of carbonyl (C=O) groups is 1. The molecule has 7 heterocycles. The molecule has 3 aliphatic rings. The first-order valence-electron chi connectivity index (χ1n) is 13.1. The van der Waals surface area contributed by atoms with Gasteiger partial charge in [-0.15, -0.1) is 0 Å². The highest BCUT2D eigenvalue weighted by atomic mass is 16.2. The van der Waals surface area contributed by atoms with Gasteiger partial charge in [0.05, 0.1) is 35.6 Å². The molecule has 1 aromatic carbocycles. The second-order valence-electron chi connectivity index (χ2n) is 10.2. The topological polar surface area (TPSA) is 95.3 Å². The number of aromatic nitrogens is 5. The highest BCUT2D eigenvalue weighted by Crippen LogP contribution is 2.36. The number of nitriles is 1. The summed E-state index contributed by atoms with van der Waals surface area (Å²) in [4.78, 5) is 21.8. The van der Waals surface area contributed by atoms with Crippen LogP contribution in [0.4, 0.5) is 5.82 Å². The number of rotatable bonds is 3. The number of aryl methyl sites for hydroxylation is 1. The Kier molecular flexibility index (Phi) is 5.57. The van der Waals surface area contributed by atoms with Gasteiger partial charge < -0.3 is 9.80 Å². The van der Waals surface area contributed by atoms with Crippen LogP contribution in [0.15, 0.2) is 79.5 Å². The molecule has 9 nitrogen and oxygen atoms in total. The SMILES string of the molecule is Cn1cc(-c2cc(-c3ccc(N4CC5CC(C4)N5C(=O)C#Cc4ccccc4)nc3)c3c(C#N)cnn3c2)cn1. The number of anilines is 1. The normalized spacial score (nSPS) is 17.6. The van der Waals surface area contributed by atoms with Crippen LogP contribution in [-0.4, -0.2) is 60.4 Å². The molecule has 8 rings (SSSR count). The lowest BCUT2D eigenvalue weighted by Gasteiger charge is -2.55. The van der Waals surface area contributed by atoms with E-state index in [1.807, 2.05) is 79.2 Å². The third-order valence-corrected chi connectivity index (χ3v) is 7.67. The molecule has 2 unspecified atom stereocenters. The molecule has 2 atom stereocenters.